The molecule has 10 aromatic carbocycles. The summed E-state index contributed by atoms with van der Waals surface area (Å²) in [6, 6.07) is 63.5. The Bertz CT molecular complexity index is 4850. The van der Waals surface area contributed by atoms with Gasteiger partial charge in [-0.15, -0.1) is 0 Å². The molecule has 12 rings (SSSR count). The van der Waals surface area contributed by atoms with Gasteiger partial charge in [-0.2, -0.15) is 0 Å². The lowest BCUT2D eigenvalue weighted by Crippen LogP contribution is -2.11. The van der Waals surface area contributed by atoms with Gasteiger partial charge in [0, 0.05) is 104 Å². The van der Waals surface area contributed by atoms with E-state index < -0.39 is 11.9 Å². The summed E-state index contributed by atoms with van der Waals surface area (Å²) in [6.07, 6.45) is 12.0. The Hall–Kier alpha value is -10.9. The minimum absolute atomic E-state index is 0.123. The second kappa shape index (κ2) is 34.4. The summed E-state index contributed by atoms with van der Waals surface area (Å²) in [5.41, 5.74) is 9.86. The maximum Gasteiger partial charge on any atom is 0.332 e. The van der Waals surface area contributed by atoms with Crippen molar-refractivity contribution in [1.29, 1.82) is 0 Å². The van der Waals surface area contributed by atoms with Crippen molar-refractivity contribution in [2.45, 2.75) is 146 Å². The van der Waals surface area contributed by atoms with Crippen molar-refractivity contribution >= 4 is 100 Å². The van der Waals surface area contributed by atoms with E-state index >= 15 is 0 Å². The number of benzene rings is 10. The summed E-state index contributed by atoms with van der Waals surface area (Å²) >= 11 is 0. The number of aromatic nitrogens is 2. The first-order valence-electron chi connectivity index (χ1n) is 37.3. The van der Waals surface area contributed by atoms with Crippen molar-refractivity contribution in [3.8, 4) is 23.0 Å². The highest BCUT2D eigenvalue weighted by molar-refractivity contribution is 6.24. The van der Waals surface area contributed by atoms with Crippen LogP contribution in [0.25, 0.3) is 65.2 Å². The molecule has 534 valence electrons. The molecule has 2 atom stereocenters. The molecule has 12 aromatic rings. The van der Waals surface area contributed by atoms with Gasteiger partial charge in [-0.3, -0.25) is 9.59 Å². The molecule has 14 heteroatoms. The van der Waals surface area contributed by atoms with Crippen LogP contribution in [0.15, 0.2) is 204 Å². The topological polar surface area (TPSA) is 158 Å². The summed E-state index contributed by atoms with van der Waals surface area (Å²) in [7, 11) is 0. The Labute approximate surface area is 609 Å². The van der Waals surface area contributed by atoms with Gasteiger partial charge in [-0.1, -0.05) is 174 Å². The molecular formula is C90H94N4O10. The second-order valence-corrected chi connectivity index (χ2v) is 27.0. The first kappa shape index (κ1) is 72.9. The molecule has 0 bridgehead atoms. The highest BCUT2D eigenvalue weighted by Gasteiger charge is 2.27. The number of nitrogens with zero attached hydrogens (tertiary/aromatic N) is 4. The number of hydrogen-bond donors (Lipinski definition) is 0. The number of carbonyl (C=O) groups excluding carboxylic acids is 4. The fraction of sp³-hybridized carbons (Fsp3) is 0.311. The minimum Gasteiger partial charge on any atom is -0.493 e. The monoisotopic (exact) mass is 1390 g/mol. The van der Waals surface area contributed by atoms with Gasteiger partial charge in [0.1, 0.15) is 34.4 Å². The van der Waals surface area contributed by atoms with Gasteiger partial charge < -0.3 is 37.8 Å². The summed E-state index contributed by atoms with van der Waals surface area (Å²) in [5, 5.41) is 16.4. The highest BCUT2D eigenvalue weighted by Crippen LogP contribution is 2.40. The van der Waals surface area contributed by atoms with Crippen LogP contribution in [0.5, 0.6) is 23.0 Å². The number of hydrogen-bond acceptors (Lipinski definition) is 12. The van der Waals surface area contributed by atoms with Crippen LogP contribution >= 0.6 is 0 Å². The largest absolute Gasteiger partial charge is 0.493 e. The van der Waals surface area contributed by atoms with Gasteiger partial charge in [-0.25, -0.2) is 9.59 Å². The lowest BCUT2D eigenvalue weighted by molar-refractivity contribution is -0.141. The van der Waals surface area contributed by atoms with Gasteiger partial charge in [0.15, 0.2) is 11.6 Å². The van der Waals surface area contributed by atoms with E-state index in [1.807, 2.05) is 172 Å². The van der Waals surface area contributed by atoms with Crippen LogP contribution in [-0.4, -0.2) is 70.5 Å². The van der Waals surface area contributed by atoms with Crippen molar-refractivity contribution in [1.82, 2.24) is 9.13 Å². The van der Waals surface area contributed by atoms with Crippen molar-refractivity contribution in [3.05, 3.63) is 239 Å². The van der Waals surface area contributed by atoms with Crippen molar-refractivity contribution in [3.63, 3.8) is 0 Å². The normalized spacial score (nSPS) is 12.5. The van der Waals surface area contributed by atoms with Gasteiger partial charge in [-0.05, 0) is 183 Å². The Morgan fingerprint density at radius 3 is 1.11 bits per heavy atom. The van der Waals surface area contributed by atoms with Gasteiger partial charge in [0.05, 0.1) is 37.6 Å². The van der Waals surface area contributed by atoms with Crippen molar-refractivity contribution < 1.29 is 47.8 Å². The molecule has 0 amide bonds. The number of unbranched alkanes of at least 4 members (excludes halogenated alkanes) is 5. The molecule has 14 nitrogen and oxygen atoms in total. The lowest BCUT2D eigenvalue weighted by atomic mass is 9.95. The Morgan fingerprint density at radius 1 is 0.365 bits per heavy atom. The summed E-state index contributed by atoms with van der Waals surface area (Å²) < 4.78 is 30.2. The molecule has 2 unspecified atom stereocenters. The zero-order valence-electron chi connectivity index (χ0n) is 61.2. The molecule has 2 heterocycles. The number of ether oxygens (including phenoxy) is 4. The average molecular weight is 1390 g/mol. The van der Waals surface area contributed by atoms with Crippen LogP contribution in [0.2, 0.25) is 0 Å². The van der Waals surface area contributed by atoms with Crippen LogP contribution < -0.4 is 18.9 Å². The molecule has 104 heavy (non-hydrogen) atoms. The number of carbonyl (C=O) groups is 4. The molecule has 0 saturated heterocycles. The zero-order chi connectivity index (χ0) is 72.6. The summed E-state index contributed by atoms with van der Waals surface area (Å²) in [6.45, 7) is 18.8. The van der Waals surface area contributed by atoms with Crippen LogP contribution in [-0.2, 0) is 32.4 Å². The molecule has 0 saturated carbocycles. The Morgan fingerprint density at radius 2 is 0.731 bits per heavy atom. The molecule has 0 spiro atoms. The number of ketones is 2. The van der Waals surface area contributed by atoms with E-state index in [2.05, 4.69) is 83.5 Å². The molecule has 2 aromatic heterocycles. The Balaban J connectivity index is 0.772. The van der Waals surface area contributed by atoms with Gasteiger partial charge in [0.25, 0.3) is 0 Å². The number of para-hydroxylation sites is 2. The molecule has 0 N–H and O–H groups in total. The summed E-state index contributed by atoms with van der Waals surface area (Å²) in [5.74, 6) is 1.81. The average Bonchev–Trinajstić information content (AvgIpc) is 1.62. The molecule has 0 radical (unpaired) electrons. The predicted molar refractivity (Wildman–Crippen MR) is 420 cm³/mol. The van der Waals surface area contributed by atoms with Crippen molar-refractivity contribution in [2.24, 2.45) is 22.1 Å². The van der Waals surface area contributed by atoms with E-state index in [1.165, 1.54) is 13.8 Å². The van der Waals surface area contributed by atoms with Crippen molar-refractivity contribution in [2.75, 3.05) is 26.4 Å². The minimum atomic E-state index is -0.557. The van der Waals surface area contributed by atoms with E-state index in [0.29, 0.717) is 117 Å². The quantitative estimate of drug-likeness (QED) is 0.0123. The molecule has 0 aliphatic carbocycles. The van der Waals surface area contributed by atoms with Gasteiger partial charge in [0.2, 0.25) is 0 Å². The molecule has 0 aliphatic heterocycles. The van der Waals surface area contributed by atoms with E-state index in [9.17, 15) is 19.2 Å². The third kappa shape index (κ3) is 16.1. The highest BCUT2D eigenvalue weighted by atomic mass is 16.7. The molecule has 0 aliphatic rings. The van der Waals surface area contributed by atoms with Crippen LogP contribution in [0, 0.1) is 11.8 Å². The zero-order valence-corrected chi connectivity index (χ0v) is 61.2. The van der Waals surface area contributed by atoms with Gasteiger partial charge >= 0.3 is 11.9 Å². The first-order valence-corrected chi connectivity index (χ1v) is 37.3. The number of oxime groups is 2. The van der Waals surface area contributed by atoms with Crippen LogP contribution in [0.4, 0.5) is 0 Å². The van der Waals surface area contributed by atoms with E-state index in [0.717, 1.165) is 155 Å². The maximum atomic E-state index is 14.9. The number of fused-ring (bicyclic) bond motifs is 8. The maximum absolute atomic E-state index is 14.9. The van der Waals surface area contributed by atoms with Crippen LogP contribution in [0.1, 0.15) is 187 Å². The van der Waals surface area contributed by atoms with E-state index in [1.54, 1.807) is 0 Å². The number of rotatable bonds is 35. The smallest absolute Gasteiger partial charge is 0.332 e. The predicted octanol–water partition coefficient (Wildman–Crippen LogP) is 21.6. The Kier molecular flexibility index (Phi) is 24.1. The van der Waals surface area contributed by atoms with E-state index in [-0.39, 0.29) is 11.6 Å². The fourth-order valence-corrected chi connectivity index (χ4v) is 14.6. The molecule has 0 fully saturated rings. The second-order valence-electron chi connectivity index (χ2n) is 27.0. The fourth-order valence-electron chi connectivity index (χ4n) is 14.6. The third-order valence-electron chi connectivity index (χ3n) is 20.0. The molecular weight excluding hydrogens is 1300 g/mol. The third-order valence-corrected chi connectivity index (χ3v) is 20.0. The first-order chi connectivity index (χ1) is 50.8. The van der Waals surface area contributed by atoms with Crippen LogP contribution in [0.3, 0.4) is 0 Å². The summed E-state index contributed by atoms with van der Waals surface area (Å²) in [4.78, 5) is 66.1. The van der Waals surface area contributed by atoms with E-state index in [4.69, 9.17) is 28.6 Å². The lowest BCUT2D eigenvalue weighted by Gasteiger charge is -2.18. The standard InChI is InChI=1S/C90H94N4O10/c1-9-15-29-61(11-3)57-93-77-45-39-65(53-73(77)75-55-67(41-47-79(75)93)89(97)85-69-33-21-19-31-63(69)43-49-83(85)99-13-5)87(91-103-59(7)95)71-35-23-25-37-81(71)101-51-27-17-18-28-52-102-82-38-26-24-36-72(82)88(92-104-60(8)96)66-40-46-78-74(54-66)76-56-68(42-48-80(76)94(78)58-62(12-4)30-16-10-2)90(98)86-70-34-22-20-32-64(70)44-50-84(86)100-14-6/h19-26,31-50,53-56,61-62H,9-18,27-30,51-52,57-58H2,1-8H3. The SMILES string of the molecule is CCCCC(CC)Cn1c2ccc(C(=O)c3c(OCC)ccc4ccccc34)cc2c2cc(C(=NOC(C)=O)c3ccccc3OCCCCCCOc3ccccc3C(=NOC(C)=O)c3ccc4c(c3)c3cc(C(=O)c5c(OCC)ccc6ccccc56)ccc3n4CC(CC)CCCC)ccc21.